The third-order valence-corrected chi connectivity index (χ3v) is 6.42. The van der Waals surface area contributed by atoms with Gasteiger partial charge in [-0.2, -0.15) is 26.3 Å². The molecule has 0 saturated heterocycles. The zero-order valence-electron chi connectivity index (χ0n) is 24.5. The fourth-order valence-corrected chi connectivity index (χ4v) is 4.17. The van der Waals surface area contributed by atoms with Gasteiger partial charge in [0.1, 0.15) is 23.0 Å². The molecular weight excluding hydrogens is 701 g/mol. The van der Waals surface area contributed by atoms with E-state index in [0.717, 1.165) is 36.4 Å². The average Bonchev–Trinajstić information content (AvgIpc) is 2.99. The third-order valence-electron chi connectivity index (χ3n) is 5.83. The second kappa shape index (κ2) is 15.8. The quantitative estimate of drug-likeness (QED) is 0.0900. The minimum Gasteiger partial charge on any atom is -0.487 e. The summed E-state index contributed by atoms with van der Waals surface area (Å²) in [5, 5.41) is 21.3. The van der Waals surface area contributed by atoms with Crippen molar-refractivity contribution in [2.45, 2.75) is 26.2 Å². The van der Waals surface area contributed by atoms with Gasteiger partial charge in [-0.3, -0.25) is 20.2 Å². The van der Waals surface area contributed by atoms with Gasteiger partial charge in [0.05, 0.1) is 44.2 Å². The molecule has 0 saturated carbocycles. The van der Waals surface area contributed by atoms with Crippen LogP contribution in [0.2, 0.25) is 10.0 Å². The average molecular weight is 723 g/mol. The van der Waals surface area contributed by atoms with E-state index in [1.807, 2.05) is 0 Å². The van der Waals surface area contributed by atoms with Crippen LogP contribution < -0.4 is 18.9 Å². The van der Waals surface area contributed by atoms with E-state index >= 15 is 0 Å². The highest BCUT2D eigenvalue weighted by Crippen LogP contribution is 2.40. The number of ether oxygens (including phenoxy) is 4. The molecule has 4 rings (SSSR count). The highest BCUT2D eigenvalue weighted by molar-refractivity contribution is 6.32. The highest BCUT2D eigenvalue weighted by Gasteiger charge is 2.32. The molecule has 0 unspecified atom stereocenters. The van der Waals surface area contributed by atoms with Crippen LogP contribution in [-0.4, -0.2) is 23.1 Å². The van der Waals surface area contributed by atoms with Crippen LogP contribution in [-0.2, 0) is 12.4 Å². The largest absolute Gasteiger partial charge is 0.487 e. The molecule has 0 aliphatic carbocycles. The van der Waals surface area contributed by atoms with Crippen molar-refractivity contribution in [1.29, 1.82) is 0 Å². The van der Waals surface area contributed by atoms with Gasteiger partial charge in [0.25, 0.3) is 0 Å². The van der Waals surface area contributed by atoms with E-state index in [1.54, 1.807) is 13.8 Å². The molecule has 256 valence electrons. The summed E-state index contributed by atoms with van der Waals surface area (Å²) < 4.78 is 96.8. The van der Waals surface area contributed by atoms with Crippen LogP contribution in [0.3, 0.4) is 0 Å². The summed E-state index contributed by atoms with van der Waals surface area (Å²) in [5.74, 6) is 0.240. The molecule has 0 amide bonds. The molecule has 4 aromatic rings. The maximum Gasteiger partial charge on any atom is 0.416 e. The Labute approximate surface area is 277 Å². The molecular formula is C30H22Cl2F6N2O8. The van der Waals surface area contributed by atoms with Gasteiger partial charge >= 0.3 is 23.7 Å². The molecule has 0 atom stereocenters. The standard InChI is InChI=1S/2C15H11ClF3NO4/c2*1-2-23-14-8-10(4-5-12(14)20(21)22)24-13-6-3-9(7-11(13)16)15(17,18)19/h2*3-8H,2H2,1H3. The van der Waals surface area contributed by atoms with Gasteiger partial charge in [0.2, 0.25) is 11.5 Å². The Bertz CT molecular complexity index is 1660. The minimum absolute atomic E-state index is 0.0111. The van der Waals surface area contributed by atoms with Crippen molar-refractivity contribution in [1.82, 2.24) is 0 Å². The van der Waals surface area contributed by atoms with Crippen molar-refractivity contribution in [2.24, 2.45) is 0 Å². The number of alkyl halides is 6. The van der Waals surface area contributed by atoms with Gasteiger partial charge in [-0.25, -0.2) is 0 Å². The lowest BCUT2D eigenvalue weighted by Gasteiger charge is -2.12. The number of hydrogen-bond donors (Lipinski definition) is 0. The SMILES string of the molecule is CCOc1cc(Oc2ccc(C(F)(F)F)cc2Cl)ccc1[N+](=O)[O-].CCOc1cc(Oc2ccc(C(F)(F)F)cc2Cl)ccc1[N+](=O)[O-]. The van der Waals surface area contributed by atoms with Crippen LogP contribution in [0.15, 0.2) is 72.8 Å². The fraction of sp³-hybridized carbons (Fsp3) is 0.200. The van der Waals surface area contributed by atoms with Gasteiger partial charge in [0.15, 0.2) is 0 Å². The predicted octanol–water partition coefficient (Wildman–Crippen LogP) is 10.9. The lowest BCUT2D eigenvalue weighted by Crippen LogP contribution is -2.04. The number of nitro benzene ring substituents is 2. The monoisotopic (exact) mass is 722 g/mol. The normalized spacial score (nSPS) is 11.2. The second-order valence-electron chi connectivity index (χ2n) is 9.13. The Balaban J connectivity index is 0.000000260. The van der Waals surface area contributed by atoms with E-state index in [1.165, 1.54) is 36.4 Å². The van der Waals surface area contributed by atoms with Gasteiger partial charge < -0.3 is 18.9 Å². The first-order valence-corrected chi connectivity index (χ1v) is 14.1. The van der Waals surface area contributed by atoms with Gasteiger partial charge in [-0.15, -0.1) is 0 Å². The van der Waals surface area contributed by atoms with E-state index in [0.29, 0.717) is 0 Å². The van der Waals surface area contributed by atoms with Crippen LogP contribution in [0, 0.1) is 20.2 Å². The lowest BCUT2D eigenvalue weighted by molar-refractivity contribution is -0.386. The molecule has 4 aromatic carbocycles. The number of hydrogen-bond acceptors (Lipinski definition) is 8. The number of nitrogens with zero attached hydrogens (tertiary/aromatic N) is 2. The van der Waals surface area contributed by atoms with Crippen LogP contribution in [0.25, 0.3) is 0 Å². The zero-order chi connectivity index (χ0) is 35.8. The molecule has 0 N–H and O–H groups in total. The Hall–Kier alpha value is -4.96. The smallest absolute Gasteiger partial charge is 0.416 e. The van der Waals surface area contributed by atoms with Crippen molar-refractivity contribution in [3.8, 4) is 34.5 Å². The second-order valence-corrected chi connectivity index (χ2v) is 9.94. The van der Waals surface area contributed by atoms with Crippen LogP contribution in [0.4, 0.5) is 37.7 Å². The number of rotatable bonds is 10. The number of halogens is 8. The van der Waals surface area contributed by atoms with Crippen LogP contribution in [0.1, 0.15) is 25.0 Å². The number of benzene rings is 4. The molecule has 0 radical (unpaired) electrons. The van der Waals surface area contributed by atoms with E-state index in [9.17, 15) is 46.6 Å². The van der Waals surface area contributed by atoms with E-state index in [2.05, 4.69) is 0 Å². The Morgan fingerprint density at radius 3 is 1.21 bits per heavy atom. The van der Waals surface area contributed by atoms with Crippen molar-refractivity contribution in [3.05, 3.63) is 114 Å². The molecule has 0 bridgehead atoms. The van der Waals surface area contributed by atoms with E-state index in [4.69, 9.17) is 42.1 Å². The summed E-state index contributed by atoms with van der Waals surface area (Å²) in [7, 11) is 0. The van der Waals surface area contributed by atoms with Crippen molar-refractivity contribution >= 4 is 34.6 Å². The molecule has 10 nitrogen and oxygen atoms in total. The van der Waals surface area contributed by atoms with Crippen LogP contribution in [0.5, 0.6) is 34.5 Å². The summed E-state index contributed by atoms with van der Waals surface area (Å²) in [4.78, 5) is 20.6. The van der Waals surface area contributed by atoms with Crippen molar-refractivity contribution < 1.29 is 55.1 Å². The maximum atomic E-state index is 12.6. The predicted molar refractivity (Wildman–Crippen MR) is 162 cm³/mol. The maximum absolute atomic E-state index is 12.6. The van der Waals surface area contributed by atoms with Crippen LogP contribution >= 0.6 is 23.2 Å². The summed E-state index contributed by atoms with van der Waals surface area (Å²) in [6.45, 7) is 3.71. The molecule has 48 heavy (non-hydrogen) atoms. The first kappa shape index (κ1) is 37.5. The number of nitro groups is 2. The summed E-state index contributed by atoms with van der Waals surface area (Å²) in [5.41, 5.74) is -2.30. The zero-order valence-corrected chi connectivity index (χ0v) is 26.0. The third kappa shape index (κ3) is 10.0. The van der Waals surface area contributed by atoms with Crippen molar-refractivity contribution in [3.63, 3.8) is 0 Å². The Morgan fingerprint density at radius 2 is 0.938 bits per heavy atom. The van der Waals surface area contributed by atoms with Gasteiger partial charge in [-0.1, -0.05) is 23.2 Å². The summed E-state index contributed by atoms with van der Waals surface area (Å²) >= 11 is 11.6. The highest BCUT2D eigenvalue weighted by atomic mass is 35.5. The molecule has 0 fully saturated rings. The summed E-state index contributed by atoms with van der Waals surface area (Å²) in [6, 6.07) is 12.8. The lowest BCUT2D eigenvalue weighted by atomic mass is 10.2. The molecule has 0 spiro atoms. The molecule has 0 heterocycles. The Kier molecular flexibility index (Phi) is 12.3. The fourth-order valence-electron chi connectivity index (χ4n) is 3.73. The molecule has 0 aromatic heterocycles. The Morgan fingerprint density at radius 1 is 0.583 bits per heavy atom. The minimum atomic E-state index is -4.52. The van der Waals surface area contributed by atoms with E-state index < -0.39 is 33.3 Å². The van der Waals surface area contributed by atoms with Crippen molar-refractivity contribution in [2.75, 3.05) is 13.2 Å². The van der Waals surface area contributed by atoms with Gasteiger partial charge in [-0.05, 0) is 62.4 Å². The molecule has 0 aliphatic heterocycles. The first-order valence-electron chi connectivity index (χ1n) is 13.4. The topological polar surface area (TPSA) is 123 Å². The molecule has 18 heteroatoms. The molecule has 0 aliphatic rings. The van der Waals surface area contributed by atoms with E-state index in [-0.39, 0.29) is 69.1 Å². The first-order chi connectivity index (χ1) is 22.4. The summed E-state index contributed by atoms with van der Waals surface area (Å²) in [6.07, 6.45) is -9.03. The van der Waals surface area contributed by atoms with Gasteiger partial charge in [0, 0.05) is 24.3 Å².